The molecule has 1 aromatic heterocycles. The third kappa shape index (κ3) is 5.05. The summed E-state index contributed by atoms with van der Waals surface area (Å²) in [6.07, 6.45) is 3.13. The first-order valence-electron chi connectivity index (χ1n) is 6.23. The summed E-state index contributed by atoms with van der Waals surface area (Å²) in [5.41, 5.74) is 0. The summed E-state index contributed by atoms with van der Waals surface area (Å²) in [6, 6.07) is -0.741. The molecule has 1 N–H and O–H groups in total. The van der Waals surface area contributed by atoms with Gasteiger partial charge in [0.05, 0.1) is 30.3 Å². The van der Waals surface area contributed by atoms with Crippen molar-refractivity contribution < 1.29 is 14.3 Å². The highest BCUT2D eigenvalue weighted by molar-refractivity contribution is 7.80. The summed E-state index contributed by atoms with van der Waals surface area (Å²) in [5.74, 6) is -0.915. The normalized spacial score (nSPS) is 13.6. The fraction of sp³-hybridized carbons (Fsp3) is 0.583. The van der Waals surface area contributed by atoms with Gasteiger partial charge in [-0.1, -0.05) is 18.5 Å². The van der Waals surface area contributed by atoms with Crippen LogP contribution in [0.2, 0.25) is 5.02 Å². The second-order valence-electron chi connectivity index (χ2n) is 4.28. The highest BCUT2D eigenvalue weighted by Crippen LogP contribution is 2.08. The topological polar surface area (TPSA) is 73.2 Å². The largest absolute Gasteiger partial charge is 0.464 e. The molecule has 1 amide bonds. The maximum atomic E-state index is 12.0. The molecule has 0 saturated carbocycles. The third-order valence-corrected chi connectivity index (χ3v) is 3.14. The molecular weight excluding hydrogens is 302 g/mol. The van der Waals surface area contributed by atoms with Gasteiger partial charge in [-0.3, -0.25) is 9.48 Å². The lowest BCUT2D eigenvalue weighted by atomic mass is 10.1. The molecule has 20 heavy (non-hydrogen) atoms. The molecule has 1 heterocycles. The first kappa shape index (κ1) is 16.8. The molecule has 0 spiro atoms. The lowest BCUT2D eigenvalue weighted by Crippen LogP contribution is -2.45. The van der Waals surface area contributed by atoms with Crippen LogP contribution >= 0.6 is 24.2 Å². The van der Waals surface area contributed by atoms with Crippen LogP contribution in [0.25, 0.3) is 0 Å². The minimum atomic E-state index is -0.741. The van der Waals surface area contributed by atoms with E-state index in [0.717, 1.165) is 0 Å². The van der Waals surface area contributed by atoms with Gasteiger partial charge in [0.1, 0.15) is 6.04 Å². The molecular formula is C12H18ClN3O3S. The van der Waals surface area contributed by atoms with E-state index in [1.54, 1.807) is 24.7 Å². The maximum Gasteiger partial charge on any atom is 0.329 e. The molecule has 0 aromatic carbocycles. The molecule has 112 valence electrons. The molecule has 1 aromatic rings. The number of amides is 1. The van der Waals surface area contributed by atoms with Gasteiger partial charge in [-0.15, -0.1) is 0 Å². The van der Waals surface area contributed by atoms with E-state index >= 15 is 0 Å². The van der Waals surface area contributed by atoms with E-state index < -0.39 is 12.0 Å². The van der Waals surface area contributed by atoms with E-state index in [1.807, 2.05) is 0 Å². The standard InChI is InChI=1S/C12H18ClN3O3S/c1-3-19-12(18)10(7-20)15-11(17)8(2)5-16-6-9(13)4-14-16/h4,6,8,10,20H,3,5,7H2,1-2H3,(H,15,17). The van der Waals surface area contributed by atoms with Crippen LogP contribution in [-0.4, -0.2) is 40.1 Å². The Hall–Kier alpha value is -1.21. The highest BCUT2D eigenvalue weighted by atomic mass is 35.5. The van der Waals surface area contributed by atoms with Crippen LogP contribution in [0.1, 0.15) is 13.8 Å². The van der Waals surface area contributed by atoms with E-state index in [9.17, 15) is 9.59 Å². The van der Waals surface area contributed by atoms with E-state index in [2.05, 4.69) is 23.0 Å². The Morgan fingerprint density at radius 2 is 2.30 bits per heavy atom. The van der Waals surface area contributed by atoms with Gasteiger partial charge in [-0.25, -0.2) is 4.79 Å². The molecule has 0 aliphatic carbocycles. The van der Waals surface area contributed by atoms with Gasteiger partial charge in [-0.05, 0) is 6.92 Å². The molecule has 0 bridgehead atoms. The predicted octanol–water partition coefficient (Wildman–Crippen LogP) is 1.15. The van der Waals surface area contributed by atoms with Crippen molar-refractivity contribution in [3.63, 3.8) is 0 Å². The SMILES string of the molecule is CCOC(=O)C(CS)NC(=O)C(C)Cn1cc(Cl)cn1. The lowest BCUT2D eigenvalue weighted by molar-refractivity contribution is -0.147. The zero-order valence-electron chi connectivity index (χ0n) is 11.4. The van der Waals surface area contributed by atoms with Crippen molar-refractivity contribution in [3.8, 4) is 0 Å². The van der Waals surface area contributed by atoms with Gasteiger partial charge in [0.2, 0.25) is 5.91 Å². The number of ether oxygens (including phenoxy) is 1. The van der Waals surface area contributed by atoms with Crippen molar-refractivity contribution in [1.29, 1.82) is 0 Å². The molecule has 6 nitrogen and oxygen atoms in total. The maximum absolute atomic E-state index is 12.0. The van der Waals surface area contributed by atoms with Crippen LogP contribution in [0.3, 0.4) is 0 Å². The number of carbonyl (C=O) groups is 2. The van der Waals surface area contributed by atoms with Crippen molar-refractivity contribution in [2.75, 3.05) is 12.4 Å². The Morgan fingerprint density at radius 1 is 1.60 bits per heavy atom. The number of nitrogens with zero attached hydrogens (tertiary/aromatic N) is 2. The van der Waals surface area contributed by atoms with Crippen molar-refractivity contribution in [2.24, 2.45) is 5.92 Å². The number of thiol groups is 1. The number of hydrogen-bond acceptors (Lipinski definition) is 5. The number of esters is 1. The quantitative estimate of drug-likeness (QED) is 0.584. The van der Waals surface area contributed by atoms with Crippen molar-refractivity contribution in [1.82, 2.24) is 15.1 Å². The Labute approximate surface area is 128 Å². The molecule has 0 radical (unpaired) electrons. The van der Waals surface area contributed by atoms with Crippen molar-refractivity contribution in [2.45, 2.75) is 26.4 Å². The van der Waals surface area contributed by atoms with Gasteiger partial charge < -0.3 is 10.1 Å². The number of halogens is 1. The predicted molar refractivity (Wildman–Crippen MR) is 78.8 cm³/mol. The van der Waals surface area contributed by atoms with Crippen LogP contribution in [0, 0.1) is 5.92 Å². The van der Waals surface area contributed by atoms with Gasteiger partial charge in [-0.2, -0.15) is 17.7 Å². The second-order valence-corrected chi connectivity index (χ2v) is 5.08. The van der Waals surface area contributed by atoms with Gasteiger partial charge in [0, 0.05) is 11.9 Å². The minimum absolute atomic E-state index is 0.185. The fourth-order valence-electron chi connectivity index (χ4n) is 1.54. The Morgan fingerprint density at radius 3 is 2.80 bits per heavy atom. The zero-order valence-corrected chi connectivity index (χ0v) is 13.0. The number of nitrogens with one attached hydrogen (secondary N) is 1. The fourth-order valence-corrected chi connectivity index (χ4v) is 1.93. The number of hydrogen-bond donors (Lipinski definition) is 2. The Bertz CT molecular complexity index is 467. The van der Waals surface area contributed by atoms with Crippen LogP contribution < -0.4 is 5.32 Å². The number of rotatable bonds is 7. The van der Waals surface area contributed by atoms with E-state index in [0.29, 0.717) is 11.6 Å². The summed E-state index contributed by atoms with van der Waals surface area (Å²) >= 11 is 9.79. The van der Waals surface area contributed by atoms with E-state index in [4.69, 9.17) is 16.3 Å². The Balaban J connectivity index is 2.53. The summed E-state index contributed by atoms with van der Waals surface area (Å²) < 4.78 is 6.44. The molecule has 0 fully saturated rings. The minimum Gasteiger partial charge on any atom is -0.464 e. The molecule has 0 aliphatic heterocycles. The highest BCUT2D eigenvalue weighted by Gasteiger charge is 2.23. The monoisotopic (exact) mass is 319 g/mol. The van der Waals surface area contributed by atoms with Crippen LogP contribution in [0.5, 0.6) is 0 Å². The summed E-state index contributed by atoms with van der Waals surface area (Å²) in [6.45, 7) is 4.09. The summed E-state index contributed by atoms with van der Waals surface area (Å²) in [4.78, 5) is 23.6. The smallest absolute Gasteiger partial charge is 0.329 e. The summed E-state index contributed by atoms with van der Waals surface area (Å²) in [5, 5.41) is 7.13. The van der Waals surface area contributed by atoms with Crippen molar-refractivity contribution in [3.05, 3.63) is 17.4 Å². The zero-order chi connectivity index (χ0) is 15.1. The third-order valence-electron chi connectivity index (χ3n) is 2.58. The van der Waals surface area contributed by atoms with Gasteiger partial charge in [0.25, 0.3) is 0 Å². The Kier molecular flexibility index (Phi) is 6.87. The van der Waals surface area contributed by atoms with Gasteiger partial charge in [0.15, 0.2) is 0 Å². The number of aromatic nitrogens is 2. The van der Waals surface area contributed by atoms with E-state index in [1.165, 1.54) is 6.20 Å². The first-order chi connectivity index (χ1) is 9.47. The van der Waals surface area contributed by atoms with Crippen molar-refractivity contribution >= 4 is 36.1 Å². The van der Waals surface area contributed by atoms with Crippen LogP contribution in [-0.2, 0) is 20.9 Å². The molecule has 2 unspecified atom stereocenters. The summed E-state index contributed by atoms with van der Waals surface area (Å²) in [7, 11) is 0. The van der Waals surface area contributed by atoms with Crippen LogP contribution in [0.15, 0.2) is 12.4 Å². The molecule has 8 heteroatoms. The average Bonchev–Trinajstić information content (AvgIpc) is 2.81. The van der Waals surface area contributed by atoms with Gasteiger partial charge >= 0.3 is 5.97 Å². The lowest BCUT2D eigenvalue weighted by Gasteiger charge is -2.18. The molecule has 2 atom stereocenters. The number of carbonyl (C=O) groups excluding carboxylic acids is 2. The molecule has 0 aliphatic rings. The second kappa shape index (κ2) is 8.16. The average molecular weight is 320 g/mol. The molecule has 1 rings (SSSR count). The first-order valence-corrected chi connectivity index (χ1v) is 7.24. The van der Waals surface area contributed by atoms with Crippen LogP contribution in [0.4, 0.5) is 0 Å². The van der Waals surface area contributed by atoms with E-state index in [-0.39, 0.29) is 24.2 Å². The molecule has 0 saturated heterocycles.